The molecule has 0 aliphatic carbocycles. The Balaban J connectivity index is 1.97. The Kier molecular flexibility index (Phi) is 4.92. The van der Waals surface area contributed by atoms with Crippen molar-refractivity contribution in [3.8, 4) is 0 Å². The summed E-state index contributed by atoms with van der Waals surface area (Å²) >= 11 is 1.60. The Hall–Kier alpha value is -0.710. The minimum atomic E-state index is 0.165. The van der Waals surface area contributed by atoms with E-state index >= 15 is 0 Å². The third-order valence-electron chi connectivity index (χ3n) is 3.59. The van der Waals surface area contributed by atoms with Crippen LogP contribution in [0.15, 0.2) is 12.1 Å². The highest BCUT2D eigenvalue weighted by Crippen LogP contribution is 2.20. The lowest BCUT2D eigenvalue weighted by molar-refractivity contribution is 0.0714. The highest BCUT2D eigenvalue weighted by molar-refractivity contribution is 7.14. The summed E-state index contributed by atoms with van der Waals surface area (Å²) in [6.45, 7) is 3.66. The molecule has 4 heteroatoms. The number of aliphatic hydroxyl groups is 1. The fraction of sp³-hybridized carbons (Fsp3) is 0.643. The van der Waals surface area contributed by atoms with Crippen LogP contribution in [-0.2, 0) is 6.42 Å². The van der Waals surface area contributed by atoms with Gasteiger partial charge in [0.15, 0.2) is 5.78 Å². The van der Waals surface area contributed by atoms with E-state index in [0.29, 0.717) is 6.54 Å². The van der Waals surface area contributed by atoms with Gasteiger partial charge in [-0.15, -0.1) is 11.3 Å². The van der Waals surface area contributed by atoms with Crippen LogP contribution >= 0.6 is 11.3 Å². The summed E-state index contributed by atoms with van der Waals surface area (Å²) in [5, 5.41) is 9.34. The van der Waals surface area contributed by atoms with Gasteiger partial charge in [0.25, 0.3) is 0 Å². The number of nitrogens with zero attached hydrogens (tertiary/aromatic N) is 1. The molecule has 100 valence electrons. The Bertz CT molecular complexity index is 402. The molecule has 1 unspecified atom stereocenters. The monoisotopic (exact) mass is 267 g/mol. The van der Waals surface area contributed by atoms with Gasteiger partial charge in [-0.2, -0.15) is 0 Å². The van der Waals surface area contributed by atoms with Crippen LogP contribution in [0.5, 0.6) is 0 Å². The molecule has 1 aromatic heterocycles. The highest BCUT2D eigenvalue weighted by atomic mass is 32.1. The number of carbonyl (C=O) groups is 1. The van der Waals surface area contributed by atoms with Crippen molar-refractivity contribution in [2.24, 2.45) is 0 Å². The van der Waals surface area contributed by atoms with Crippen molar-refractivity contribution >= 4 is 17.1 Å². The molecular formula is C14H21NO2S. The maximum Gasteiger partial charge on any atom is 0.186 e. The number of thiophene rings is 1. The summed E-state index contributed by atoms with van der Waals surface area (Å²) in [4.78, 5) is 16.4. The molecule has 1 aliphatic rings. The van der Waals surface area contributed by atoms with Gasteiger partial charge in [0.1, 0.15) is 0 Å². The lowest BCUT2D eigenvalue weighted by Crippen LogP contribution is -2.44. The normalized spacial score (nSPS) is 21.1. The number of hydrogen-bond acceptors (Lipinski definition) is 4. The van der Waals surface area contributed by atoms with Crippen molar-refractivity contribution in [3.05, 3.63) is 21.9 Å². The van der Waals surface area contributed by atoms with Gasteiger partial charge >= 0.3 is 0 Å². The SMILES string of the molecule is CCc1ccc(C(=O)CN2CCCCC2CO)s1. The van der Waals surface area contributed by atoms with Crippen LogP contribution in [0.2, 0.25) is 0 Å². The van der Waals surface area contributed by atoms with E-state index in [9.17, 15) is 9.90 Å². The zero-order chi connectivity index (χ0) is 13.0. The van der Waals surface area contributed by atoms with Crippen molar-refractivity contribution in [1.29, 1.82) is 0 Å². The molecule has 0 aromatic carbocycles. The minimum Gasteiger partial charge on any atom is -0.395 e. The van der Waals surface area contributed by atoms with Crippen LogP contribution in [0.1, 0.15) is 40.7 Å². The van der Waals surface area contributed by atoms with Gasteiger partial charge in [0.05, 0.1) is 18.0 Å². The largest absolute Gasteiger partial charge is 0.395 e. The van der Waals surface area contributed by atoms with Crippen LogP contribution < -0.4 is 0 Å². The van der Waals surface area contributed by atoms with Crippen LogP contribution in [0.3, 0.4) is 0 Å². The Labute approximate surface area is 112 Å². The quantitative estimate of drug-likeness (QED) is 0.833. The molecule has 1 aromatic rings. The molecule has 0 radical (unpaired) electrons. The predicted molar refractivity (Wildman–Crippen MR) is 74.3 cm³/mol. The fourth-order valence-corrected chi connectivity index (χ4v) is 3.33. The molecule has 0 amide bonds. The Morgan fingerprint density at radius 3 is 3.00 bits per heavy atom. The molecule has 1 N–H and O–H groups in total. The zero-order valence-corrected chi connectivity index (χ0v) is 11.7. The fourth-order valence-electron chi connectivity index (χ4n) is 2.46. The average Bonchev–Trinajstić information content (AvgIpc) is 2.88. The summed E-state index contributed by atoms with van der Waals surface area (Å²) in [7, 11) is 0. The third kappa shape index (κ3) is 3.19. The van der Waals surface area contributed by atoms with Crippen molar-refractivity contribution in [1.82, 2.24) is 4.90 Å². The number of likely N-dealkylation sites (tertiary alicyclic amines) is 1. The Morgan fingerprint density at radius 2 is 2.33 bits per heavy atom. The number of rotatable bonds is 5. The van der Waals surface area contributed by atoms with E-state index in [1.54, 1.807) is 11.3 Å². The zero-order valence-electron chi connectivity index (χ0n) is 10.9. The van der Waals surface area contributed by atoms with Crippen LogP contribution in [0, 0.1) is 0 Å². The number of hydrogen-bond donors (Lipinski definition) is 1. The van der Waals surface area contributed by atoms with Crippen molar-refractivity contribution < 1.29 is 9.90 Å². The number of carbonyl (C=O) groups excluding carboxylic acids is 1. The number of piperidine rings is 1. The number of Topliss-reactive ketones (excluding diaryl/α,β-unsaturated/α-hetero) is 1. The molecule has 1 saturated heterocycles. The lowest BCUT2D eigenvalue weighted by Gasteiger charge is -2.33. The first kappa shape index (κ1) is 13.7. The topological polar surface area (TPSA) is 40.5 Å². The second-order valence-corrected chi connectivity index (χ2v) is 6.01. The molecule has 0 spiro atoms. The molecular weight excluding hydrogens is 246 g/mol. The first-order valence-corrected chi connectivity index (χ1v) is 7.53. The number of aryl methyl sites for hydroxylation is 1. The predicted octanol–water partition coefficient (Wildman–Crippen LogP) is 2.34. The summed E-state index contributed by atoms with van der Waals surface area (Å²) in [6.07, 6.45) is 4.29. The number of aliphatic hydroxyl groups excluding tert-OH is 1. The molecule has 2 rings (SSSR count). The van der Waals surface area contributed by atoms with E-state index in [0.717, 1.165) is 37.1 Å². The maximum absolute atomic E-state index is 12.2. The van der Waals surface area contributed by atoms with E-state index < -0.39 is 0 Å². The van der Waals surface area contributed by atoms with Gasteiger partial charge in [0.2, 0.25) is 0 Å². The van der Waals surface area contributed by atoms with E-state index in [2.05, 4.69) is 11.8 Å². The lowest BCUT2D eigenvalue weighted by atomic mass is 10.0. The standard InChI is InChI=1S/C14H21NO2S/c1-2-12-6-7-14(18-12)13(17)9-15-8-4-3-5-11(15)10-16/h6-7,11,16H,2-5,8-10H2,1H3. The maximum atomic E-state index is 12.2. The van der Waals surface area contributed by atoms with Crippen molar-refractivity contribution in [2.75, 3.05) is 19.7 Å². The molecule has 3 nitrogen and oxygen atoms in total. The van der Waals surface area contributed by atoms with Gasteiger partial charge in [0, 0.05) is 10.9 Å². The smallest absolute Gasteiger partial charge is 0.186 e. The summed E-state index contributed by atoms with van der Waals surface area (Å²) < 4.78 is 0. The Morgan fingerprint density at radius 1 is 1.50 bits per heavy atom. The summed E-state index contributed by atoms with van der Waals surface area (Å²) in [5.74, 6) is 0.194. The van der Waals surface area contributed by atoms with Gasteiger partial charge in [-0.05, 0) is 37.9 Å². The van der Waals surface area contributed by atoms with Crippen LogP contribution in [-0.4, -0.2) is 41.5 Å². The molecule has 1 fully saturated rings. The van der Waals surface area contributed by atoms with Crippen LogP contribution in [0.4, 0.5) is 0 Å². The van der Waals surface area contributed by atoms with E-state index in [-0.39, 0.29) is 18.4 Å². The van der Waals surface area contributed by atoms with E-state index in [4.69, 9.17) is 0 Å². The van der Waals surface area contributed by atoms with Gasteiger partial charge in [-0.3, -0.25) is 9.69 Å². The highest BCUT2D eigenvalue weighted by Gasteiger charge is 2.24. The number of ketones is 1. The van der Waals surface area contributed by atoms with Gasteiger partial charge in [-0.25, -0.2) is 0 Å². The average molecular weight is 267 g/mol. The first-order chi connectivity index (χ1) is 8.74. The summed E-state index contributed by atoms with van der Waals surface area (Å²) in [6, 6.07) is 4.15. The van der Waals surface area contributed by atoms with E-state index in [1.165, 1.54) is 4.88 Å². The van der Waals surface area contributed by atoms with Crippen molar-refractivity contribution in [3.63, 3.8) is 0 Å². The third-order valence-corrected chi connectivity index (χ3v) is 4.86. The van der Waals surface area contributed by atoms with Crippen molar-refractivity contribution in [2.45, 2.75) is 38.6 Å². The first-order valence-electron chi connectivity index (χ1n) is 6.71. The molecule has 1 atom stereocenters. The second-order valence-electron chi connectivity index (χ2n) is 4.85. The summed E-state index contributed by atoms with van der Waals surface area (Å²) in [5.41, 5.74) is 0. The molecule has 2 heterocycles. The minimum absolute atomic E-state index is 0.165. The molecule has 1 aliphatic heterocycles. The molecule has 0 bridgehead atoms. The van der Waals surface area contributed by atoms with Crippen LogP contribution in [0.25, 0.3) is 0 Å². The molecule has 18 heavy (non-hydrogen) atoms. The van der Waals surface area contributed by atoms with Gasteiger partial charge in [-0.1, -0.05) is 13.3 Å². The molecule has 0 saturated carbocycles. The van der Waals surface area contributed by atoms with Gasteiger partial charge < -0.3 is 5.11 Å². The second kappa shape index (κ2) is 6.45. The van der Waals surface area contributed by atoms with E-state index in [1.807, 2.05) is 12.1 Å².